The first-order chi connectivity index (χ1) is 27.4. The molecule has 4 aromatic carbocycles. The standard InChI is InChI=1S/C40H42Cl2N4O10S2.2Na/c1-23(7-11-27-13-9-25(21-43-35(47)19-41)17-33(27)57(51,52)53)45-31-15-16-32(38-37(31)39(49)29-5-3-4-6-30(29)40(38)50)46-24(2)8-12-28-14-10-26(22-44-36(48)20-42)18-34(28)58(54,55)56;;/h3-6,9-10,13-18,23-24,45-46H,7-8,11-12,19-22H2,1-2H3,(H,43,47)(H,44,48)(H,51,52,53)(H,54,55,56);;/q;2*+1/p-2. The average molecular weight is 918 g/mol. The molecule has 1 aliphatic carbocycles. The third kappa shape index (κ3) is 13.1. The zero-order valence-electron chi connectivity index (χ0n) is 33.4. The average Bonchev–Trinajstić information content (AvgIpc) is 3.19. The number of benzene rings is 4. The SMILES string of the molecule is CC(CCc1ccc(CN=C([O-])CCl)cc1S(=O)(=O)O)Nc1ccc(NC(C)CCc2ccc(CN=C([O-])CCl)cc2S(=O)(=O)O)c2c1C(=O)c1ccccc1C2=O.[Na+].[Na+]. The van der Waals surface area contributed by atoms with E-state index in [2.05, 4.69) is 20.6 Å². The molecule has 0 spiro atoms. The van der Waals surface area contributed by atoms with Crippen LogP contribution < -0.4 is 80.0 Å². The van der Waals surface area contributed by atoms with Crippen molar-refractivity contribution in [2.75, 3.05) is 22.4 Å². The number of carbonyl (C=O) groups is 2. The number of nitrogens with one attached hydrogen (secondary N) is 2. The number of fused-ring (bicyclic) bond motifs is 2. The van der Waals surface area contributed by atoms with Gasteiger partial charge >= 0.3 is 59.1 Å². The molecule has 4 N–H and O–H groups in total. The van der Waals surface area contributed by atoms with Gasteiger partial charge in [0, 0.05) is 34.6 Å². The number of aryl methyl sites for hydroxylation is 2. The summed E-state index contributed by atoms with van der Waals surface area (Å²) in [6.45, 7) is 3.42. The van der Waals surface area contributed by atoms with Gasteiger partial charge in [-0.25, -0.2) is 0 Å². The Morgan fingerprint density at radius 1 is 0.650 bits per heavy atom. The van der Waals surface area contributed by atoms with Crippen molar-refractivity contribution >= 4 is 78.2 Å². The number of aliphatic imine (C=N–C) groups is 2. The molecule has 0 fully saturated rings. The summed E-state index contributed by atoms with van der Waals surface area (Å²) in [6.07, 6.45) is 1.07. The summed E-state index contributed by atoms with van der Waals surface area (Å²) in [6, 6.07) is 17.9. The maximum Gasteiger partial charge on any atom is 1.00 e. The topological polar surface area (TPSA) is 238 Å². The number of carbonyl (C=O) groups excluding carboxylic acids is 2. The minimum Gasteiger partial charge on any atom is -0.861 e. The Labute approximate surface area is 403 Å². The third-order valence-electron chi connectivity index (χ3n) is 9.50. The van der Waals surface area contributed by atoms with Gasteiger partial charge in [0.15, 0.2) is 11.6 Å². The van der Waals surface area contributed by atoms with Crippen LogP contribution in [0, 0.1) is 0 Å². The molecule has 0 aromatic heterocycles. The molecule has 4 aromatic rings. The molecule has 0 aliphatic heterocycles. The molecule has 2 atom stereocenters. The third-order valence-corrected chi connectivity index (χ3v) is 11.8. The van der Waals surface area contributed by atoms with Crippen LogP contribution in [0.1, 0.15) is 80.8 Å². The molecule has 0 bridgehead atoms. The van der Waals surface area contributed by atoms with E-state index in [0.717, 1.165) is 0 Å². The zero-order valence-corrected chi connectivity index (χ0v) is 40.5. The fraction of sp³-hybridized carbons (Fsp3) is 0.300. The van der Waals surface area contributed by atoms with Crippen LogP contribution in [0.15, 0.2) is 92.6 Å². The summed E-state index contributed by atoms with van der Waals surface area (Å²) < 4.78 is 69.1. The van der Waals surface area contributed by atoms with Crippen molar-refractivity contribution < 1.29 is 105 Å². The van der Waals surface area contributed by atoms with E-state index >= 15 is 0 Å². The summed E-state index contributed by atoms with van der Waals surface area (Å²) in [4.78, 5) is 35.1. The van der Waals surface area contributed by atoms with Crippen LogP contribution >= 0.6 is 23.2 Å². The van der Waals surface area contributed by atoms with E-state index in [1.54, 1.807) is 48.5 Å². The first kappa shape index (κ1) is 51.5. The van der Waals surface area contributed by atoms with Crippen molar-refractivity contribution in [2.45, 2.75) is 74.5 Å². The molecule has 308 valence electrons. The van der Waals surface area contributed by atoms with Gasteiger partial charge in [-0.3, -0.25) is 28.7 Å². The van der Waals surface area contributed by atoms with Crippen molar-refractivity contribution in [3.63, 3.8) is 0 Å². The molecule has 0 saturated carbocycles. The number of hydrogen-bond donors (Lipinski definition) is 4. The van der Waals surface area contributed by atoms with Crippen LogP contribution in [-0.4, -0.2) is 73.1 Å². The number of rotatable bonds is 18. The van der Waals surface area contributed by atoms with Crippen LogP contribution in [0.3, 0.4) is 0 Å². The molecule has 0 saturated heterocycles. The number of alkyl halides is 2. The van der Waals surface area contributed by atoms with Gasteiger partial charge in [-0.1, -0.05) is 48.5 Å². The predicted octanol–water partition coefficient (Wildman–Crippen LogP) is -1.17. The normalized spacial score (nSPS) is 14.0. The summed E-state index contributed by atoms with van der Waals surface area (Å²) in [5.74, 6) is -2.52. The Kier molecular flexibility index (Phi) is 19.3. The molecule has 2 unspecified atom stereocenters. The maximum absolute atomic E-state index is 14.1. The van der Waals surface area contributed by atoms with Crippen LogP contribution in [0.4, 0.5) is 11.4 Å². The summed E-state index contributed by atoms with van der Waals surface area (Å²) in [5, 5.41) is 29.7. The van der Waals surface area contributed by atoms with Crippen molar-refractivity contribution in [3.05, 3.63) is 117 Å². The molecular formula is C40H40Cl2N4Na2O10S2. The molecular weight excluding hydrogens is 877 g/mol. The minimum absolute atomic E-state index is 0. The van der Waals surface area contributed by atoms with E-state index < -0.39 is 32.0 Å². The Morgan fingerprint density at radius 3 is 1.35 bits per heavy atom. The summed E-state index contributed by atoms with van der Waals surface area (Å²) in [5.41, 5.74) is 2.95. The monoisotopic (exact) mass is 916 g/mol. The van der Waals surface area contributed by atoms with Crippen LogP contribution in [0.5, 0.6) is 0 Å². The zero-order chi connectivity index (χ0) is 42.4. The van der Waals surface area contributed by atoms with Crippen LogP contribution in [0.25, 0.3) is 0 Å². The number of nitrogens with zero attached hydrogens (tertiary/aromatic N) is 2. The van der Waals surface area contributed by atoms with Gasteiger partial charge < -0.3 is 20.8 Å². The number of hydrogen-bond acceptors (Lipinski definition) is 12. The van der Waals surface area contributed by atoms with Gasteiger partial charge in [-0.15, -0.1) is 23.2 Å². The second-order valence-electron chi connectivity index (χ2n) is 13.8. The van der Waals surface area contributed by atoms with Crippen molar-refractivity contribution in [3.8, 4) is 0 Å². The van der Waals surface area contributed by atoms with Crippen molar-refractivity contribution in [2.24, 2.45) is 9.98 Å². The number of anilines is 2. The predicted molar refractivity (Wildman–Crippen MR) is 219 cm³/mol. The molecule has 1 aliphatic rings. The van der Waals surface area contributed by atoms with Crippen molar-refractivity contribution in [1.82, 2.24) is 0 Å². The fourth-order valence-corrected chi connectivity index (χ4v) is 8.39. The van der Waals surface area contributed by atoms with Gasteiger partial charge in [0.2, 0.25) is 0 Å². The van der Waals surface area contributed by atoms with Gasteiger partial charge in [0.1, 0.15) is 0 Å². The van der Waals surface area contributed by atoms with E-state index in [-0.39, 0.29) is 153 Å². The Hall–Kier alpha value is -2.84. The Bertz CT molecular complexity index is 2350. The first-order valence-corrected chi connectivity index (χ1v) is 22.0. The molecule has 0 heterocycles. The van der Waals surface area contributed by atoms with E-state index in [1.165, 1.54) is 24.3 Å². The Balaban J connectivity index is 0.00000480. The first-order valence-electron chi connectivity index (χ1n) is 18.0. The second kappa shape index (κ2) is 22.5. The molecule has 0 radical (unpaired) electrons. The molecule has 0 amide bonds. The minimum atomic E-state index is -4.63. The fourth-order valence-electron chi connectivity index (χ4n) is 6.61. The van der Waals surface area contributed by atoms with Gasteiger partial charge in [0.25, 0.3) is 20.2 Å². The quantitative estimate of drug-likeness (QED) is 0.0268. The molecule has 60 heavy (non-hydrogen) atoms. The van der Waals surface area contributed by atoms with Crippen LogP contribution in [-0.2, 0) is 46.2 Å². The second-order valence-corrected chi connectivity index (χ2v) is 17.1. The largest absolute Gasteiger partial charge is 1.00 e. The van der Waals surface area contributed by atoms with E-state index in [0.29, 0.717) is 46.5 Å². The van der Waals surface area contributed by atoms with Gasteiger partial charge in [-0.05, 0) is 97.8 Å². The van der Waals surface area contributed by atoms with Crippen LogP contribution in [0.2, 0.25) is 0 Å². The van der Waals surface area contributed by atoms with Crippen molar-refractivity contribution in [1.29, 1.82) is 0 Å². The van der Waals surface area contributed by atoms with Gasteiger partial charge in [-0.2, -0.15) is 16.8 Å². The molecule has 5 rings (SSSR count). The smallest absolute Gasteiger partial charge is 0.861 e. The Morgan fingerprint density at radius 2 is 1.02 bits per heavy atom. The number of halogens is 2. The van der Waals surface area contributed by atoms with Gasteiger partial charge in [0.05, 0.1) is 45.8 Å². The van der Waals surface area contributed by atoms with E-state index in [1.807, 2.05) is 13.8 Å². The summed E-state index contributed by atoms with van der Waals surface area (Å²) in [7, 11) is -9.26. The number of ketones is 2. The molecule has 20 heteroatoms. The van der Waals surface area contributed by atoms with E-state index in [4.69, 9.17) is 23.2 Å². The van der Waals surface area contributed by atoms with E-state index in [9.17, 15) is 45.7 Å². The molecule has 14 nitrogen and oxygen atoms in total. The maximum atomic E-state index is 14.1. The summed E-state index contributed by atoms with van der Waals surface area (Å²) >= 11 is 11.0.